The minimum absolute atomic E-state index is 0.374. The maximum Gasteiger partial charge on any atom is 0.316 e. The van der Waals surface area contributed by atoms with E-state index < -0.39 is 5.97 Å². The Morgan fingerprint density at radius 1 is 1.47 bits per heavy atom. The van der Waals surface area contributed by atoms with Crippen molar-refractivity contribution >= 4 is 23.5 Å². The van der Waals surface area contributed by atoms with Crippen molar-refractivity contribution in [3.8, 4) is 0 Å². The van der Waals surface area contributed by atoms with Gasteiger partial charge in [-0.15, -0.1) is 11.8 Å². The van der Waals surface area contributed by atoms with Crippen molar-refractivity contribution in [3.63, 3.8) is 0 Å². The van der Waals surface area contributed by atoms with Crippen molar-refractivity contribution in [1.82, 2.24) is 14.4 Å². The molecule has 0 aliphatic heterocycles. The van der Waals surface area contributed by atoms with Gasteiger partial charge in [0.15, 0.2) is 0 Å². The molecule has 2 aromatic rings. The van der Waals surface area contributed by atoms with Crippen LogP contribution in [0, 0.1) is 13.8 Å². The fourth-order valence-electron chi connectivity index (χ4n) is 1.94. The second-order valence-corrected chi connectivity index (χ2v) is 5.68. The van der Waals surface area contributed by atoms with Gasteiger partial charge in [-0.25, -0.2) is 9.97 Å². The Morgan fingerprint density at radius 3 is 2.84 bits per heavy atom. The third-order valence-electron chi connectivity index (χ3n) is 2.89. The summed E-state index contributed by atoms with van der Waals surface area (Å²) in [6, 6.07) is 2.00. The second-order valence-electron chi connectivity index (χ2n) is 4.49. The number of carboxylic acids is 1. The molecule has 0 saturated heterocycles. The molecule has 0 aliphatic rings. The summed E-state index contributed by atoms with van der Waals surface area (Å²) in [6.45, 7) is 5.82. The Hall–Kier alpha value is -1.56. The van der Waals surface area contributed by atoms with E-state index in [0.717, 1.165) is 17.1 Å². The topological polar surface area (TPSA) is 67.5 Å². The van der Waals surface area contributed by atoms with Crippen molar-refractivity contribution in [1.29, 1.82) is 0 Å². The van der Waals surface area contributed by atoms with Crippen LogP contribution in [-0.2, 0) is 10.5 Å². The number of thioether (sulfide) groups is 1. The Balaban J connectivity index is 2.18. The van der Waals surface area contributed by atoms with Crippen LogP contribution in [0.15, 0.2) is 12.3 Å². The van der Waals surface area contributed by atoms with Gasteiger partial charge >= 0.3 is 5.97 Å². The summed E-state index contributed by atoms with van der Waals surface area (Å²) in [5.74, 6) is 0.505. The van der Waals surface area contributed by atoms with Crippen LogP contribution in [0.5, 0.6) is 0 Å². The highest BCUT2D eigenvalue weighted by Crippen LogP contribution is 2.20. The maximum atomic E-state index is 11.0. The molecule has 1 atom stereocenters. The maximum absolute atomic E-state index is 11.0. The highest BCUT2D eigenvalue weighted by molar-refractivity contribution is 7.99. The van der Waals surface area contributed by atoms with Gasteiger partial charge in [0.25, 0.3) is 0 Å². The normalized spacial score (nSPS) is 12.8. The van der Waals surface area contributed by atoms with Gasteiger partial charge in [-0.3, -0.25) is 9.20 Å². The van der Waals surface area contributed by atoms with Crippen molar-refractivity contribution in [2.24, 2.45) is 0 Å². The van der Waals surface area contributed by atoms with E-state index in [0.29, 0.717) is 18.0 Å². The molecule has 0 saturated carbocycles. The molecule has 2 aromatic heterocycles. The molecule has 0 amide bonds. The first-order valence-corrected chi connectivity index (χ1v) is 7.22. The van der Waals surface area contributed by atoms with Crippen LogP contribution < -0.4 is 0 Å². The van der Waals surface area contributed by atoms with Gasteiger partial charge in [0, 0.05) is 23.3 Å². The molecule has 0 spiro atoms. The fourth-order valence-corrected chi connectivity index (χ4v) is 2.83. The SMILES string of the molecule is CCC(SCc1cn2c(C)cc(C)nc2n1)C(=O)O. The summed E-state index contributed by atoms with van der Waals surface area (Å²) >= 11 is 1.40. The predicted molar refractivity (Wildman–Crippen MR) is 75.5 cm³/mol. The van der Waals surface area contributed by atoms with Crippen molar-refractivity contribution in [2.75, 3.05) is 0 Å². The van der Waals surface area contributed by atoms with Crippen LogP contribution >= 0.6 is 11.8 Å². The molecule has 0 aromatic carbocycles. The predicted octanol–water partition coefficient (Wildman–Crippen LogP) is 2.44. The van der Waals surface area contributed by atoms with Crippen LogP contribution in [0.25, 0.3) is 5.78 Å². The average molecular weight is 279 g/mol. The first kappa shape index (κ1) is 13.9. The lowest BCUT2D eigenvalue weighted by atomic mass is 10.3. The van der Waals surface area contributed by atoms with E-state index in [-0.39, 0.29) is 5.25 Å². The molecular formula is C13H17N3O2S. The molecule has 0 bridgehead atoms. The van der Waals surface area contributed by atoms with E-state index in [4.69, 9.17) is 5.11 Å². The fraction of sp³-hybridized carbons (Fsp3) is 0.462. The number of rotatable bonds is 5. The number of nitrogens with zero attached hydrogens (tertiary/aromatic N) is 3. The van der Waals surface area contributed by atoms with Gasteiger partial charge in [0.1, 0.15) is 5.25 Å². The van der Waals surface area contributed by atoms with Gasteiger partial charge in [-0.05, 0) is 26.3 Å². The lowest BCUT2D eigenvalue weighted by Gasteiger charge is -2.07. The number of fused-ring (bicyclic) bond motifs is 1. The van der Waals surface area contributed by atoms with Gasteiger partial charge in [0.05, 0.1) is 5.69 Å². The summed E-state index contributed by atoms with van der Waals surface area (Å²) in [7, 11) is 0. The van der Waals surface area contributed by atoms with E-state index in [1.165, 1.54) is 11.8 Å². The van der Waals surface area contributed by atoms with E-state index in [2.05, 4.69) is 9.97 Å². The van der Waals surface area contributed by atoms with Crippen molar-refractivity contribution in [2.45, 2.75) is 38.2 Å². The highest BCUT2D eigenvalue weighted by atomic mass is 32.2. The van der Waals surface area contributed by atoms with Crippen LogP contribution in [0.2, 0.25) is 0 Å². The summed E-state index contributed by atoms with van der Waals surface area (Å²) in [5.41, 5.74) is 2.88. The minimum atomic E-state index is -0.763. The number of aromatic nitrogens is 3. The van der Waals surface area contributed by atoms with E-state index in [1.807, 2.05) is 37.4 Å². The monoisotopic (exact) mass is 279 g/mol. The van der Waals surface area contributed by atoms with Crippen LogP contribution in [0.3, 0.4) is 0 Å². The zero-order valence-electron chi connectivity index (χ0n) is 11.3. The Bertz CT molecular complexity index is 609. The summed E-state index contributed by atoms with van der Waals surface area (Å²) in [5, 5.41) is 8.64. The molecule has 2 rings (SSSR count). The first-order valence-electron chi connectivity index (χ1n) is 6.18. The molecule has 102 valence electrons. The van der Waals surface area contributed by atoms with Gasteiger partial charge < -0.3 is 5.11 Å². The molecule has 0 aliphatic carbocycles. The Kier molecular flexibility index (Phi) is 4.09. The summed E-state index contributed by atoms with van der Waals surface area (Å²) in [4.78, 5) is 19.8. The smallest absolute Gasteiger partial charge is 0.316 e. The van der Waals surface area contributed by atoms with E-state index in [1.54, 1.807) is 0 Å². The number of aliphatic carboxylic acids is 1. The number of carboxylic acid groups (broad SMARTS) is 1. The number of aryl methyl sites for hydroxylation is 2. The van der Waals surface area contributed by atoms with Crippen molar-refractivity contribution in [3.05, 3.63) is 29.3 Å². The number of hydrogen-bond donors (Lipinski definition) is 1. The summed E-state index contributed by atoms with van der Waals surface area (Å²) < 4.78 is 1.94. The van der Waals surface area contributed by atoms with Crippen molar-refractivity contribution < 1.29 is 9.90 Å². The lowest BCUT2D eigenvalue weighted by Crippen LogP contribution is -2.15. The number of imidazole rings is 1. The van der Waals surface area contributed by atoms with Gasteiger partial charge in [0.2, 0.25) is 5.78 Å². The molecule has 2 heterocycles. The third-order valence-corrected chi connectivity index (χ3v) is 4.29. The van der Waals surface area contributed by atoms with E-state index in [9.17, 15) is 4.79 Å². The minimum Gasteiger partial charge on any atom is -0.480 e. The second kappa shape index (κ2) is 5.61. The molecule has 19 heavy (non-hydrogen) atoms. The third kappa shape index (κ3) is 3.07. The highest BCUT2D eigenvalue weighted by Gasteiger charge is 2.16. The molecule has 6 heteroatoms. The number of hydrogen-bond acceptors (Lipinski definition) is 4. The molecule has 0 fully saturated rings. The first-order chi connectivity index (χ1) is 9.01. The molecule has 1 unspecified atom stereocenters. The van der Waals surface area contributed by atoms with Gasteiger partial charge in [-0.2, -0.15) is 0 Å². The molecule has 0 radical (unpaired) electrons. The molecule has 1 N–H and O–H groups in total. The summed E-state index contributed by atoms with van der Waals surface area (Å²) in [6.07, 6.45) is 2.54. The quantitative estimate of drug-likeness (QED) is 0.910. The molecular weight excluding hydrogens is 262 g/mol. The van der Waals surface area contributed by atoms with Crippen LogP contribution in [0.4, 0.5) is 0 Å². The van der Waals surface area contributed by atoms with Crippen LogP contribution in [0.1, 0.15) is 30.4 Å². The van der Waals surface area contributed by atoms with Gasteiger partial charge in [-0.1, -0.05) is 6.92 Å². The Morgan fingerprint density at radius 2 is 2.21 bits per heavy atom. The zero-order chi connectivity index (χ0) is 14.0. The molecule has 5 nitrogen and oxygen atoms in total. The zero-order valence-corrected chi connectivity index (χ0v) is 12.1. The van der Waals surface area contributed by atoms with Crippen LogP contribution in [-0.4, -0.2) is 30.7 Å². The Labute approximate surface area is 116 Å². The number of carbonyl (C=O) groups is 1. The lowest BCUT2D eigenvalue weighted by molar-refractivity contribution is -0.136. The largest absolute Gasteiger partial charge is 0.480 e. The standard InChI is InChI=1S/C13H17N3O2S/c1-4-11(12(17)18)19-7-10-6-16-9(3)5-8(2)14-13(16)15-10/h5-6,11H,4,7H2,1-3H3,(H,17,18). The average Bonchev–Trinajstić information content (AvgIpc) is 2.72. The van der Waals surface area contributed by atoms with E-state index >= 15 is 0 Å².